The van der Waals surface area contributed by atoms with Gasteiger partial charge in [-0.3, -0.25) is 4.79 Å². The van der Waals surface area contributed by atoms with Gasteiger partial charge in [0.1, 0.15) is 11.6 Å². The van der Waals surface area contributed by atoms with Crippen LogP contribution in [0.5, 0.6) is 0 Å². The Kier molecular flexibility index (Phi) is 6.29. The minimum atomic E-state index is -0.562. The molecule has 1 fully saturated rings. The zero-order valence-corrected chi connectivity index (χ0v) is 19.2. The summed E-state index contributed by atoms with van der Waals surface area (Å²) in [5.74, 6) is -0.562. The van der Waals surface area contributed by atoms with Gasteiger partial charge in [0.25, 0.3) is 0 Å². The summed E-state index contributed by atoms with van der Waals surface area (Å²) >= 11 is 0. The lowest BCUT2D eigenvalue weighted by Gasteiger charge is -2.29. The van der Waals surface area contributed by atoms with Crippen LogP contribution in [-0.2, 0) is 11.3 Å². The second-order valence-electron chi connectivity index (χ2n) is 8.37. The third-order valence-corrected chi connectivity index (χ3v) is 6.22. The fourth-order valence-electron chi connectivity index (χ4n) is 4.45. The second kappa shape index (κ2) is 9.84. The maximum atomic E-state index is 12.2. The van der Waals surface area contributed by atoms with E-state index < -0.39 is 5.91 Å². The first-order valence-electron chi connectivity index (χ1n) is 11.5. The summed E-state index contributed by atoms with van der Waals surface area (Å²) in [4.78, 5) is 19.3. The predicted octanol–water partition coefficient (Wildman–Crippen LogP) is 4.32. The molecule has 1 aromatic heterocycles. The van der Waals surface area contributed by atoms with E-state index in [1.165, 1.54) is 0 Å². The molecule has 0 aliphatic carbocycles. The Morgan fingerprint density at radius 1 is 1.06 bits per heavy atom. The van der Waals surface area contributed by atoms with E-state index >= 15 is 0 Å². The first-order valence-corrected chi connectivity index (χ1v) is 11.5. The van der Waals surface area contributed by atoms with Gasteiger partial charge >= 0.3 is 0 Å². The van der Waals surface area contributed by atoms with Crippen LogP contribution in [0, 0.1) is 11.3 Å². The summed E-state index contributed by atoms with van der Waals surface area (Å²) in [7, 11) is 0. The van der Waals surface area contributed by atoms with E-state index in [0.29, 0.717) is 47.8 Å². The number of ether oxygens (including phenoxy) is 1. The largest absolute Gasteiger partial charge is 0.379 e. The number of fused-ring (bicyclic) bond motifs is 1. The Morgan fingerprint density at radius 3 is 2.54 bits per heavy atom. The molecule has 1 aliphatic heterocycles. The number of aromatic nitrogens is 1. The molecule has 7 nitrogen and oxygen atoms in total. The van der Waals surface area contributed by atoms with Crippen molar-refractivity contribution in [1.29, 1.82) is 5.26 Å². The van der Waals surface area contributed by atoms with Crippen molar-refractivity contribution in [3.8, 4) is 17.3 Å². The third-order valence-electron chi connectivity index (χ3n) is 6.22. The van der Waals surface area contributed by atoms with Crippen LogP contribution in [0.4, 0.5) is 11.4 Å². The molecule has 174 valence electrons. The van der Waals surface area contributed by atoms with Crippen molar-refractivity contribution in [2.24, 2.45) is 5.73 Å². The van der Waals surface area contributed by atoms with E-state index in [0.717, 1.165) is 35.2 Å². The van der Waals surface area contributed by atoms with Crippen molar-refractivity contribution in [2.45, 2.75) is 6.54 Å². The van der Waals surface area contributed by atoms with Crippen molar-refractivity contribution >= 4 is 28.2 Å². The number of nitrogens with zero attached hydrogens (tertiary/aromatic N) is 3. The van der Waals surface area contributed by atoms with E-state index in [-0.39, 0.29) is 0 Å². The highest BCUT2D eigenvalue weighted by atomic mass is 16.5. The molecule has 0 radical (unpaired) electrons. The molecule has 0 spiro atoms. The van der Waals surface area contributed by atoms with Crippen LogP contribution in [0.15, 0.2) is 72.8 Å². The third kappa shape index (κ3) is 4.52. The molecule has 4 aromatic rings. The Hall–Kier alpha value is -4.41. The quantitative estimate of drug-likeness (QED) is 0.441. The molecule has 1 aliphatic rings. The van der Waals surface area contributed by atoms with E-state index in [4.69, 9.17) is 15.5 Å². The molecule has 2 heterocycles. The Bertz CT molecular complexity index is 1420. The number of carbonyl (C=O) groups excluding carboxylic acids is 1. The van der Waals surface area contributed by atoms with E-state index in [9.17, 15) is 10.1 Å². The number of morpholine rings is 1. The fourth-order valence-corrected chi connectivity index (χ4v) is 4.45. The monoisotopic (exact) mass is 463 g/mol. The molecule has 3 aromatic carbocycles. The SMILES string of the molecule is N#Cc1c(-c2ccccc2C(N)=O)nc2ccc(N3CCOCC3)cc2c1NCc1ccccc1. The molecule has 0 bridgehead atoms. The zero-order chi connectivity index (χ0) is 24.2. The summed E-state index contributed by atoms with van der Waals surface area (Å²) in [5.41, 5.74) is 10.9. The second-order valence-corrected chi connectivity index (χ2v) is 8.37. The number of nitriles is 1. The fraction of sp³-hybridized carbons (Fsp3) is 0.179. The number of amides is 1. The molecule has 0 atom stereocenters. The summed E-state index contributed by atoms with van der Waals surface area (Å²) in [6.45, 7) is 3.51. The van der Waals surface area contributed by atoms with Gasteiger partial charge in [-0.1, -0.05) is 48.5 Å². The van der Waals surface area contributed by atoms with Gasteiger partial charge in [0.05, 0.1) is 30.1 Å². The first kappa shape index (κ1) is 22.4. The van der Waals surface area contributed by atoms with Crippen molar-refractivity contribution in [3.05, 3.63) is 89.5 Å². The molecule has 5 rings (SSSR count). The van der Waals surface area contributed by atoms with Crippen molar-refractivity contribution in [2.75, 3.05) is 36.5 Å². The van der Waals surface area contributed by atoms with Gasteiger partial charge in [0.15, 0.2) is 0 Å². The lowest BCUT2D eigenvalue weighted by atomic mass is 9.97. The minimum Gasteiger partial charge on any atom is -0.379 e. The standard InChI is InChI=1S/C28H25N5O2/c29-17-24-26(31-18-19-6-2-1-3-7-19)23-16-20(33-12-14-35-15-13-33)10-11-25(23)32-27(24)21-8-4-5-9-22(21)28(30)34/h1-11,16H,12-15,18H2,(H2,30,34)(H,31,32). The summed E-state index contributed by atoms with van der Waals surface area (Å²) in [5, 5.41) is 14.6. The van der Waals surface area contributed by atoms with Crippen molar-refractivity contribution in [3.63, 3.8) is 0 Å². The Morgan fingerprint density at radius 2 is 1.80 bits per heavy atom. The van der Waals surface area contributed by atoms with Gasteiger partial charge in [-0.05, 0) is 29.8 Å². The highest BCUT2D eigenvalue weighted by Gasteiger charge is 2.21. The number of anilines is 2. The minimum absolute atomic E-state index is 0.329. The maximum absolute atomic E-state index is 12.2. The molecule has 0 saturated carbocycles. The number of hydrogen-bond acceptors (Lipinski definition) is 6. The van der Waals surface area contributed by atoms with Crippen molar-refractivity contribution < 1.29 is 9.53 Å². The highest BCUT2D eigenvalue weighted by molar-refractivity contribution is 6.04. The maximum Gasteiger partial charge on any atom is 0.249 e. The van der Waals surface area contributed by atoms with E-state index in [1.54, 1.807) is 18.2 Å². The topological polar surface area (TPSA) is 104 Å². The highest BCUT2D eigenvalue weighted by Crippen LogP contribution is 2.37. The van der Waals surface area contributed by atoms with Gasteiger partial charge in [-0.2, -0.15) is 5.26 Å². The molecular weight excluding hydrogens is 438 g/mol. The predicted molar refractivity (Wildman–Crippen MR) is 137 cm³/mol. The zero-order valence-electron chi connectivity index (χ0n) is 19.2. The van der Waals surface area contributed by atoms with Crippen LogP contribution in [0.3, 0.4) is 0 Å². The molecule has 35 heavy (non-hydrogen) atoms. The molecule has 1 saturated heterocycles. The summed E-state index contributed by atoms with van der Waals surface area (Å²) < 4.78 is 5.50. The van der Waals surface area contributed by atoms with Gasteiger partial charge in [0.2, 0.25) is 5.91 Å². The number of primary amides is 1. The number of carbonyl (C=O) groups is 1. The van der Waals surface area contributed by atoms with E-state index in [2.05, 4.69) is 22.4 Å². The number of hydrogen-bond donors (Lipinski definition) is 2. The number of nitrogens with two attached hydrogens (primary N) is 1. The van der Waals surface area contributed by atoms with Crippen LogP contribution in [0.25, 0.3) is 22.2 Å². The molecular formula is C28H25N5O2. The lowest BCUT2D eigenvalue weighted by Crippen LogP contribution is -2.36. The van der Waals surface area contributed by atoms with Gasteiger partial charge in [-0.25, -0.2) is 4.98 Å². The normalized spacial score (nSPS) is 13.4. The van der Waals surface area contributed by atoms with Crippen molar-refractivity contribution in [1.82, 2.24) is 4.98 Å². The van der Waals surface area contributed by atoms with Crippen LogP contribution in [0.1, 0.15) is 21.5 Å². The Balaban J connectivity index is 1.70. The summed E-state index contributed by atoms with van der Waals surface area (Å²) in [6.07, 6.45) is 0. The van der Waals surface area contributed by atoms with Crippen LogP contribution < -0.4 is 16.0 Å². The smallest absolute Gasteiger partial charge is 0.249 e. The van der Waals surface area contributed by atoms with Crippen LogP contribution in [-0.4, -0.2) is 37.2 Å². The number of nitrogens with one attached hydrogen (secondary N) is 1. The number of benzene rings is 3. The number of pyridine rings is 1. The Labute approximate surface area is 203 Å². The first-order chi connectivity index (χ1) is 17.2. The summed E-state index contributed by atoms with van der Waals surface area (Å²) in [6, 6.07) is 25.4. The van der Waals surface area contributed by atoms with E-state index in [1.807, 2.05) is 48.5 Å². The van der Waals surface area contributed by atoms with Gasteiger partial charge in [0, 0.05) is 41.8 Å². The lowest BCUT2D eigenvalue weighted by molar-refractivity contribution is 0.100. The number of rotatable bonds is 6. The average Bonchev–Trinajstić information content (AvgIpc) is 2.92. The van der Waals surface area contributed by atoms with Gasteiger partial charge in [-0.15, -0.1) is 0 Å². The van der Waals surface area contributed by atoms with Crippen LogP contribution >= 0.6 is 0 Å². The molecule has 0 unspecified atom stereocenters. The average molecular weight is 464 g/mol. The van der Waals surface area contributed by atoms with Gasteiger partial charge < -0.3 is 20.7 Å². The molecule has 1 amide bonds. The van der Waals surface area contributed by atoms with Crippen LogP contribution in [0.2, 0.25) is 0 Å². The molecule has 3 N–H and O–H groups in total. The molecule has 7 heteroatoms.